The molecule has 0 nitrogen and oxygen atoms in total. The molecule has 0 amide bonds. The van der Waals surface area contributed by atoms with Crippen molar-refractivity contribution < 1.29 is 92.2 Å². The van der Waals surface area contributed by atoms with Gasteiger partial charge in [-0.25, -0.2) is 0 Å². The largest absolute Gasteiger partial charge is 0.460 e. The number of hydrogen-bond donors (Lipinski definition) is 0. The summed E-state index contributed by atoms with van der Waals surface area (Å²) in [7, 11) is 0. The van der Waals surface area contributed by atoms with Crippen molar-refractivity contribution in [2.45, 2.75) is 57.5 Å². The Morgan fingerprint density at radius 1 is 0.324 bits per heavy atom. The first-order valence-electron chi connectivity index (χ1n) is 7.07. The lowest BCUT2D eigenvalue weighted by molar-refractivity contribution is -0.409. The van der Waals surface area contributed by atoms with Crippen molar-refractivity contribution in [1.29, 1.82) is 0 Å². The molecule has 22 heteroatoms. The topological polar surface area (TPSA) is 0 Å². The zero-order valence-electron chi connectivity index (χ0n) is 14.5. The molecule has 0 saturated heterocycles. The highest BCUT2D eigenvalue weighted by Gasteiger charge is 2.89. The summed E-state index contributed by atoms with van der Waals surface area (Å²) in [5.74, 6) is -62.5. The molecule has 0 aliphatic rings. The second kappa shape index (κ2) is 8.26. The fourth-order valence-corrected chi connectivity index (χ4v) is 1.93. The fourth-order valence-electron chi connectivity index (χ4n) is 1.59. The first-order chi connectivity index (χ1) is 14.2. The lowest BCUT2D eigenvalue weighted by Crippen LogP contribution is -2.69. The molecule has 0 spiro atoms. The molecule has 0 saturated carbocycles. The highest BCUT2D eigenvalue weighted by Crippen LogP contribution is 2.61. The summed E-state index contributed by atoms with van der Waals surface area (Å²) in [6.07, 6.45) is -12.9. The van der Waals surface area contributed by atoms with Crippen LogP contribution in [0, 0.1) is 0 Å². The monoisotopic (exact) mass is 672 g/mol. The Balaban J connectivity index is 6.60. The Morgan fingerprint density at radius 3 is 0.794 bits per heavy atom. The maximum Gasteiger partial charge on any atom is 0.460 e. The molecule has 0 aromatic heterocycles. The van der Waals surface area contributed by atoms with Crippen LogP contribution in [0.4, 0.5) is 92.2 Å². The predicted molar refractivity (Wildman–Crippen MR) is 73.7 cm³/mol. The van der Waals surface area contributed by atoms with E-state index in [0.717, 1.165) is 0 Å². The number of alkyl halides is 22. The van der Waals surface area contributed by atoms with Gasteiger partial charge in [-0.15, -0.1) is 0 Å². The van der Waals surface area contributed by atoms with Crippen LogP contribution in [0.25, 0.3) is 0 Å². The minimum atomic E-state index is -8.32. The van der Waals surface area contributed by atoms with Gasteiger partial charge in [0.15, 0.2) is 0 Å². The van der Waals surface area contributed by atoms with E-state index in [9.17, 15) is 92.2 Å². The third-order valence-corrected chi connectivity index (χ3v) is 4.31. The van der Waals surface area contributed by atoms with Crippen molar-refractivity contribution in [3.8, 4) is 0 Å². The molecule has 0 aromatic rings. The van der Waals surface area contributed by atoms with E-state index in [1.165, 1.54) is 0 Å². The SMILES string of the molecule is FC(F)(F)C(F)(F)C(F)(F)C(F)(F)/C=C/C(F)(F)C(F)(F)C(F)(F)C(F)(F)C(F)(F)C(F)(F)I. The maximum atomic E-state index is 13.3. The fraction of sp³-hybridized carbons (Fsp3) is 0.833. The van der Waals surface area contributed by atoms with Crippen molar-refractivity contribution in [3.05, 3.63) is 12.2 Å². The van der Waals surface area contributed by atoms with E-state index >= 15 is 0 Å². The molecule has 34 heavy (non-hydrogen) atoms. The predicted octanol–water partition coefficient (Wildman–Crippen LogP) is 8.22. The molecule has 0 N–H and O–H groups in total. The van der Waals surface area contributed by atoms with Gasteiger partial charge in [0, 0.05) is 22.6 Å². The van der Waals surface area contributed by atoms with Crippen LogP contribution >= 0.6 is 22.6 Å². The van der Waals surface area contributed by atoms with Gasteiger partial charge in [-0.05, 0) is 12.2 Å². The van der Waals surface area contributed by atoms with E-state index in [2.05, 4.69) is 0 Å². The normalized spacial score (nSPS) is 17.0. The average Bonchev–Trinajstić information content (AvgIpc) is 2.57. The summed E-state index contributed by atoms with van der Waals surface area (Å²) in [6, 6.07) is 0. The molecular formula is C12H2F21I. The third kappa shape index (κ3) is 4.59. The molecule has 0 radical (unpaired) electrons. The van der Waals surface area contributed by atoms with Gasteiger partial charge in [-0.1, -0.05) is 0 Å². The second-order valence-corrected chi connectivity index (χ2v) is 7.38. The van der Waals surface area contributed by atoms with Crippen LogP contribution in [-0.2, 0) is 0 Å². The first-order valence-corrected chi connectivity index (χ1v) is 8.15. The van der Waals surface area contributed by atoms with Crippen molar-refractivity contribution in [2.24, 2.45) is 0 Å². The van der Waals surface area contributed by atoms with E-state index < -0.39 is 92.2 Å². The molecule has 0 aliphatic heterocycles. The van der Waals surface area contributed by atoms with E-state index in [1.807, 2.05) is 0 Å². The van der Waals surface area contributed by atoms with Gasteiger partial charge < -0.3 is 0 Å². The van der Waals surface area contributed by atoms with E-state index in [-0.39, 0.29) is 0 Å². The van der Waals surface area contributed by atoms with Crippen molar-refractivity contribution in [3.63, 3.8) is 0 Å². The van der Waals surface area contributed by atoms with Crippen LogP contribution in [0.15, 0.2) is 12.2 Å². The standard InChI is InChI=1S/C12H2F21I/c13-3(14,1-2-4(15,16)6(19,20)9(25,26)11(29,30)31)5(17,18)7(21,22)8(23,24)10(27,28)12(32,33)34/h1-2H/b2-1+. The lowest BCUT2D eigenvalue weighted by atomic mass is 9.93. The first kappa shape index (κ1) is 33.0. The van der Waals surface area contributed by atoms with Gasteiger partial charge in [-0.2, -0.15) is 92.2 Å². The van der Waals surface area contributed by atoms with Crippen molar-refractivity contribution >= 4 is 22.6 Å². The van der Waals surface area contributed by atoms with Crippen LogP contribution < -0.4 is 0 Å². The van der Waals surface area contributed by atoms with E-state index in [1.54, 1.807) is 0 Å². The highest BCUT2D eigenvalue weighted by molar-refractivity contribution is 14.1. The zero-order valence-corrected chi connectivity index (χ0v) is 16.6. The smallest absolute Gasteiger partial charge is 0.195 e. The maximum absolute atomic E-state index is 13.3. The molecule has 0 rings (SSSR count). The zero-order chi connectivity index (χ0) is 28.4. The summed E-state index contributed by atoms with van der Waals surface area (Å²) in [6.45, 7) is 0. The van der Waals surface area contributed by atoms with Gasteiger partial charge in [-0.3, -0.25) is 0 Å². The Morgan fingerprint density at radius 2 is 0.559 bits per heavy atom. The van der Waals surface area contributed by atoms with Gasteiger partial charge in [0.05, 0.1) is 0 Å². The van der Waals surface area contributed by atoms with Crippen LogP contribution in [0.5, 0.6) is 0 Å². The molecule has 0 bridgehead atoms. The Bertz CT molecular complexity index is 766. The number of allylic oxidation sites excluding steroid dienone is 2. The van der Waals surface area contributed by atoms with Gasteiger partial charge in [0.2, 0.25) is 0 Å². The van der Waals surface area contributed by atoms with Gasteiger partial charge >= 0.3 is 57.5 Å². The molecule has 0 aliphatic carbocycles. The number of rotatable bonds is 9. The third-order valence-electron chi connectivity index (χ3n) is 3.63. The molecule has 0 aromatic carbocycles. The molecule has 0 unspecified atom stereocenters. The molecule has 204 valence electrons. The summed E-state index contributed by atoms with van der Waals surface area (Å²) in [4.78, 5) is 0. The number of hydrogen-bond acceptors (Lipinski definition) is 0. The quantitative estimate of drug-likeness (QED) is 0.100. The van der Waals surface area contributed by atoms with Gasteiger partial charge in [0.25, 0.3) is 0 Å². The Kier molecular flexibility index (Phi) is 8.02. The van der Waals surface area contributed by atoms with Crippen LogP contribution in [0.2, 0.25) is 0 Å². The molecular weight excluding hydrogens is 670 g/mol. The Hall–Kier alpha value is -1.00. The van der Waals surface area contributed by atoms with Crippen molar-refractivity contribution in [2.75, 3.05) is 0 Å². The van der Waals surface area contributed by atoms with Crippen molar-refractivity contribution in [1.82, 2.24) is 0 Å². The lowest BCUT2D eigenvalue weighted by Gasteiger charge is -2.39. The second-order valence-electron chi connectivity index (χ2n) is 6.02. The van der Waals surface area contributed by atoms with Gasteiger partial charge in [0.1, 0.15) is 0 Å². The summed E-state index contributed by atoms with van der Waals surface area (Å²) >= 11 is -1.01. The van der Waals surface area contributed by atoms with E-state index in [0.29, 0.717) is 0 Å². The minimum absolute atomic E-state index is 1.01. The average molecular weight is 672 g/mol. The molecule has 0 atom stereocenters. The van der Waals surface area contributed by atoms with Crippen LogP contribution in [-0.4, -0.2) is 57.5 Å². The Labute approximate surface area is 185 Å². The summed E-state index contributed by atoms with van der Waals surface area (Å²) in [5.41, 5.74) is 0. The minimum Gasteiger partial charge on any atom is -0.195 e. The summed E-state index contributed by atoms with van der Waals surface area (Å²) in [5, 5.41) is 0. The number of halogens is 22. The highest BCUT2D eigenvalue weighted by atomic mass is 127. The summed E-state index contributed by atoms with van der Waals surface area (Å²) < 4.78 is 263. The molecule has 0 heterocycles. The van der Waals surface area contributed by atoms with Crippen LogP contribution in [0.1, 0.15) is 0 Å². The van der Waals surface area contributed by atoms with E-state index in [4.69, 9.17) is 0 Å². The van der Waals surface area contributed by atoms with Crippen LogP contribution in [0.3, 0.4) is 0 Å². The molecule has 0 fully saturated rings.